The lowest BCUT2D eigenvalue weighted by atomic mass is 9.96. The van der Waals surface area contributed by atoms with Crippen LogP contribution in [0.25, 0.3) is 11.0 Å². The summed E-state index contributed by atoms with van der Waals surface area (Å²) in [6.45, 7) is 4.82. The van der Waals surface area contributed by atoms with Gasteiger partial charge in [-0.15, -0.1) is 0 Å². The quantitative estimate of drug-likeness (QED) is 0.483. The molecule has 1 unspecified atom stereocenters. The minimum atomic E-state index is -2.85. The number of aryl methyl sites for hydroxylation is 1. The molecule has 1 fully saturated rings. The van der Waals surface area contributed by atoms with E-state index in [-0.39, 0.29) is 35.3 Å². The lowest BCUT2D eigenvalue weighted by Gasteiger charge is -2.49. The number of benzene rings is 1. The van der Waals surface area contributed by atoms with Crippen molar-refractivity contribution in [2.75, 3.05) is 18.0 Å². The van der Waals surface area contributed by atoms with Crippen molar-refractivity contribution in [2.45, 2.75) is 58.3 Å². The monoisotopic (exact) mass is 496 g/mol. The Hall–Kier alpha value is -3.58. The normalized spacial score (nSPS) is 19.4. The van der Waals surface area contributed by atoms with Gasteiger partial charge in [-0.2, -0.15) is 19.0 Å². The van der Waals surface area contributed by atoms with Crippen LogP contribution in [0.5, 0.6) is 5.75 Å². The maximum absolute atomic E-state index is 12.7. The van der Waals surface area contributed by atoms with Crippen molar-refractivity contribution in [1.82, 2.24) is 19.4 Å². The number of hydrogen-bond donors (Lipinski definition) is 0. The van der Waals surface area contributed by atoms with E-state index in [1.54, 1.807) is 31.3 Å². The second-order valence-corrected chi connectivity index (χ2v) is 9.08. The molecular weight excluding hydrogens is 466 g/mol. The molecular formula is C26H30F2N6O2. The number of pyridine rings is 1. The van der Waals surface area contributed by atoms with Crippen LogP contribution in [0, 0.1) is 11.3 Å². The van der Waals surface area contributed by atoms with Gasteiger partial charge in [-0.1, -0.05) is 26.0 Å². The van der Waals surface area contributed by atoms with Crippen LogP contribution >= 0.6 is 0 Å². The molecule has 2 aromatic heterocycles. The van der Waals surface area contributed by atoms with Crippen LogP contribution in [0.4, 0.5) is 14.6 Å². The van der Waals surface area contributed by atoms with Crippen molar-refractivity contribution < 1.29 is 13.5 Å². The molecule has 36 heavy (non-hydrogen) atoms. The van der Waals surface area contributed by atoms with Crippen molar-refractivity contribution in [3.63, 3.8) is 0 Å². The van der Waals surface area contributed by atoms with E-state index in [2.05, 4.69) is 51.3 Å². The Morgan fingerprint density at radius 3 is 2.47 bits per heavy atom. The van der Waals surface area contributed by atoms with Gasteiger partial charge in [-0.3, -0.25) is 9.47 Å². The summed E-state index contributed by atoms with van der Waals surface area (Å²) in [7, 11) is 1.65. The molecule has 3 atom stereocenters. The van der Waals surface area contributed by atoms with Gasteiger partial charge in [0.15, 0.2) is 5.82 Å². The molecule has 1 aromatic carbocycles. The molecule has 4 rings (SSSR count). The number of nitrogens with zero attached hydrogens (tertiary/aromatic N) is 6. The number of fused-ring (bicyclic) bond motifs is 1. The third-order valence-corrected chi connectivity index (χ3v) is 6.95. The highest BCUT2D eigenvalue weighted by atomic mass is 19.3. The van der Waals surface area contributed by atoms with Crippen LogP contribution < -0.4 is 15.3 Å². The summed E-state index contributed by atoms with van der Waals surface area (Å²) in [5.74, 6) is 0.638. The van der Waals surface area contributed by atoms with E-state index in [0.29, 0.717) is 29.9 Å². The van der Waals surface area contributed by atoms with Gasteiger partial charge in [-0.05, 0) is 49.6 Å². The first-order valence-corrected chi connectivity index (χ1v) is 12.1. The fraction of sp³-hybridized carbons (Fsp3) is 0.462. The molecule has 0 N–H and O–H groups in total. The molecule has 0 radical (unpaired) electrons. The largest absolute Gasteiger partial charge is 0.435 e. The van der Waals surface area contributed by atoms with Gasteiger partial charge in [-0.25, -0.2) is 9.78 Å². The second-order valence-electron chi connectivity index (χ2n) is 9.08. The number of aromatic nitrogens is 3. The molecule has 0 amide bonds. The molecule has 3 heterocycles. The van der Waals surface area contributed by atoms with Crippen LogP contribution in [0.1, 0.15) is 50.9 Å². The highest BCUT2D eigenvalue weighted by Crippen LogP contribution is 2.34. The molecule has 8 nitrogen and oxygen atoms in total. The van der Waals surface area contributed by atoms with Crippen molar-refractivity contribution in [3.05, 3.63) is 58.1 Å². The van der Waals surface area contributed by atoms with Gasteiger partial charge in [0.05, 0.1) is 5.52 Å². The molecule has 10 heteroatoms. The number of alkyl halides is 2. The summed E-state index contributed by atoms with van der Waals surface area (Å²) >= 11 is 0. The Labute approximate surface area is 208 Å². The average molecular weight is 497 g/mol. The molecule has 3 aromatic rings. The number of rotatable bonds is 7. The summed E-state index contributed by atoms with van der Waals surface area (Å²) in [4.78, 5) is 26.1. The summed E-state index contributed by atoms with van der Waals surface area (Å²) in [5, 5.41) is 9.38. The fourth-order valence-electron chi connectivity index (χ4n) is 5.11. The zero-order chi connectivity index (χ0) is 26.0. The SMILES string of the molecule is CCC(c1ccc(OC(F)F)cc1)N1C[C@H](C)N(c2nc(=O)n(C)c3ccc(C#N)nc23)C[C@H]1CC. The Bertz CT molecular complexity index is 1320. The number of hydrogen-bond acceptors (Lipinski definition) is 7. The molecule has 0 aliphatic carbocycles. The minimum Gasteiger partial charge on any atom is -0.435 e. The number of halogens is 2. The van der Waals surface area contributed by atoms with Crippen molar-refractivity contribution in [1.29, 1.82) is 5.26 Å². The van der Waals surface area contributed by atoms with E-state index >= 15 is 0 Å². The Kier molecular flexibility index (Phi) is 7.50. The number of ether oxygens (including phenoxy) is 1. The van der Waals surface area contributed by atoms with Crippen LogP contribution in [0.2, 0.25) is 0 Å². The van der Waals surface area contributed by atoms with E-state index < -0.39 is 6.61 Å². The molecule has 190 valence electrons. The van der Waals surface area contributed by atoms with E-state index in [0.717, 1.165) is 18.4 Å². The lowest BCUT2D eigenvalue weighted by Crippen LogP contribution is -2.58. The number of piperazine rings is 1. The standard InChI is InChI=1S/C26H30F2N6O2/c1-5-19-15-33(24-23-22(32(4)26(35)31-24)12-9-18(13-29)30-23)16(3)14-34(19)21(6-2)17-7-10-20(11-8-17)36-25(27)28/h7-12,16,19,21,25H,5-6,14-15H2,1-4H3/t16-,19+,21?/m0/s1. The van der Waals surface area contributed by atoms with Crippen molar-refractivity contribution in [3.8, 4) is 11.8 Å². The average Bonchev–Trinajstić information content (AvgIpc) is 2.87. The third kappa shape index (κ3) is 4.88. The number of anilines is 1. The fourth-order valence-corrected chi connectivity index (χ4v) is 5.11. The van der Waals surface area contributed by atoms with E-state index in [1.807, 2.05) is 12.1 Å². The van der Waals surface area contributed by atoms with E-state index in [4.69, 9.17) is 0 Å². The first-order valence-electron chi connectivity index (χ1n) is 12.1. The zero-order valence-electron chi connectivity index (χ0n) is 20.9. The van der Waals surface area contributed by atoms with E-state index in [1.165, 1.54) is 4.57 Å². The minimum absolute atomic E-state index is 0.0126. The summed E-state index contributed by atoms with van der Waals surface area (Å²) in [5.41, 5.74) is 2.10. The zero-order valence-corrected chi connectivity index (χ0v) is 20.9. The predicted octanol–water partition coefficient (Wildman–Crippen LogP) is 4.24. The highest BCUT2D eigenvalue weighted by Gasteiger charge is 2.36. The van der Waals surface area contributed by atoms with Crippen LogP contribution in [-0.4, -0.2) is 51.2 Å². The highest BCUT2D eigenvalue weighted by molar-refractivity contribution is 5.86. The Balaban J connectivity index is 1.67. The van der Waals surface area contributed by atoms with Gasteiger partial charge in [0.25, 0.3) is 0 Å². The Morgan fingerprint density at radius 2 is 1.86 bits per heavy atom. The first kappa shape index (κ1) is 25.5. The maximum Gasteiger partial charge on any atom is 0.387 e. The van der Waals surface area contributed by atoms with Crippen LogP contribution in [0.15, 0.2) is 41.2 Å². The van der Waals surface area contributed by atoms with Gasteiger partial charge < -0.3 is 9.64 Å². The molecule has 0 bridgehead atoms. The van der Waals surface area contributed by atoms with Crippen LogP contribution in [-0.2, 0) is 7.05 Å². The van der Waals surface area contributed by atoms with Gasteiger partial charge >= 0.3 is 12.3 Å². The lowest BCUT2D eigenvalue weighted by molar-refractivity contribution is -0.0498. The first-order chi connectivity index (χ1) is 17.3. The molecule has 0 spiro atoms. The Morgan fingerprint density at radius 1 is 1.14 bits per heavy atom. The smallest absolute Gasteiger partial charge is 0.387 e. The predicted molar refractivity (Wildman–Crippen MR) is 133 cm³/mol. The van der Waals surface area contributed by atoms with Gasteiger partial charge in [0.1, 0.15) is 23.0 Å². The molecule has 1 saturated heterocycles. The van der Waals surface area contributed by atoms with Gasteiger partial charge in [0, 0.05) is 38.3 Å². The second kappa shape index (κ2) is 10.6. The number of nitriles is 1. The summed E-state index contributed by atoms with van der Waals surface area (Å²) < 4.78 is 31.1. The molecule has 1 aliphatic heterocycles. The van der Waals surface area contributed by atoms with Crippen LogP contribution in [0.3, 0.4) is 0 Å². The van der Waals surface area contributed by atoms with Gasteiger partial charge in [0.2, 0.25) is 0 Å². The summed E-state index contributed by atoms with van der Waals surface area (Å²) in [6, 6.07) is 12.5. The third-order valence-electron chi connectivity index (χ3n) is 6.95. The molecule has 1 aliphatic rings. The maximum atomic E-state index is 12.7. The van der Waals surface area contributed by atoms with Crippen molar-refractivity contribution >= 4 is 16.9 Å². The summed E-state index contributed by atoms with van der Waals surface area (Å²) in [6.07, 6.45) is 1.71. The topological polar surface area (TPSA) is 87.3 Å². The van der Waals surface area contributed by atoms with E-state index in [9.17, 15) is 18.8 Å². The molecule has 0 saturated carbocycles. The van der Waals surface area contributed by atoms with Crippen molar-refractivity contribution in [2.24, 2.45) is 7.05 Å².